The number of fused-ring (bicyclic) bond motifs is 1. The van der Waals surface area contributed by atoms with E-state index in [4.69, 9.17) is 11.6 Å². The van der Waals surface area contributed by atoms with E-state index in [2.05, 4.69) is 26.6 Å². The van der Waals surface area contributed by atoms with Crippen LogP contribution in [0.2, 0.25) is 5.02 Å². The average molecular weight is 383 g/mol. The third-order valence-electron chi connectivity index (χ3n) is 3.49. The summed E-state index contributed by atoms with van der Waals surface area (Å²) in [6, 6.07) is 8.95. The van der Waals surface area contributed by atoms with E-state index in [-0.39, 0.29) is 11.8 Å². The summed E-state index contributed by atoms with van der Waals surface area (Å²) in [6.07, 6.45) is 0. The van der Waals surface area contributed by atoms with Crippen LogP contribution in [0, 0.1) is 0 Å². The van der Waals surface area contributed by atoms with Gasteiger partial charge >= 0.3 is 0 Å². The number of halogens is 2. The number of hydrogen-bond donors (Lipinski definition) is 2. The molecule has 0 fully saturated rings. The Kier molecular flexibility index (Phi) is 4.22. The van der Waals surface area contributed by atoms with Crippen molar-refractivity contribution in [3.8, 4) is 0 Å². The molecule has 114 valence electrons. The average Bonchev–Trinajstić information content (AvgIpc) is 2.84. The molecule has 2 amide bonds. The van der Waals surface area contributed by atoms with Gasteiger partial charge in [-0.05, 0) is 39.7 Å². The molecule has 1 aromatic heterocycles. The van der Waals surface area contributed by atoms with E-state index in [1.165, 1.54) is 0 Å². The van der Waals surface area contributed by atoms with Gasteiger partial charge in [0.25, 0.3) is 11.8 Å². The summed E-state index contributed by atoms with van der Waals surface area (Å²) in [4.78, 5) is 24.2. The van der Waals surface area contributed by atoms with E-state index in [9.17, 15) is 9.59 Å². The number of benzene rings is 1. The van der Waals surface area contributed by atoms with E-state index < -0.39 is 0 Å². The topological polar surface area (TPSA) is 63.1 Å². The number of carbonyl (C=O) groups excluding carboxylic acids is 2. The molecule has 2 heterocycles. The molecular weight excluding hydrogens is 370 g/mol. The van der Waals surface area contributed by atoms with Crippen molar-refractivity contribution >= 4 is 39.3 Å². The van der Waals surface area contributed by atoms with E-state index in [0.717, 1.165) is 5.56 Å². The molecule has 2 aromatic rings. The molecule has 3 rings (SSSR count). The number of amides is 2. The number of nitrogens with zero attached hydrogens (tertiary/aromatic N) is 1. The summed E-state index contributed by atoms with van der Waals surface area (Å²) < 4.78 is 2.35. The second-order valence-corrected chi connectivity index (χ2v) is 6.23. The van der Waals surface area contributed by atoms with E-state index >= 15 is 0 Å². The van der Waals surface area contributed by atoms with Gasteiger partial charge in [-0.2, -0.15) is 0 Å². The highest BCUT2D eigenvalue weighted by Crippen LogP contribution is 2.24. The summed E-state index contributed by atoms with van der Waals surface area (Å²) >= 11 is 9.20. The third kappa shape index (κ3) is 2.89. The van der Waals surface area contributed by atoms with Crippen LogP contribution < -0.4 is 10.6 Å². The Morgan fingerprint density at radius 1 is 1.36 bits per heavy atom. The fourth-order valence-electron chi connectivity index (χ4n) is 2.41. The van der Waals surface area contributed by atoms with Crippen LogP contribution in [0.4, 0.5) is 0 Å². The van der Waals surface area contributed by atoms with Gasteiger partial charge in [0.15, 0.2) is 0 Å². The Balaban J connectivity index is 1.78. The van der Waals surface area contributed by atoms with Crippen LogP contribution >= 0.6 is 27.5 Å². The van der Waals surface area contributed by atoms with Gasteiger partial charge in [-0.25, -0.2) is 0 Å². The first-order valence-corrected chi connectivity index (χ1v) is 7.93. The number of hydrogen-bond acceptors (Lipinski definition) is 2. The fourth-order valence-corrected chi connectivity index (χ4v) is 3.14. The Morgan fingerprint density at radius 3 is 2.82 bits per heavy atom. The minimum atomic E-state index is -0.220. The van der Waals surface area contributed by atoms with Gasteiger partial charge < -0.3 is 15.2 Å². The van der Waals surface area contributed by atoms with Crippen molar-refractivity contribution in [2.45, 2.75) is 13.1 Å². The molecule has 1 aromatic carbocycles. The highest BCUT2D eigenvalue weighted by Gasteiger charge is 2.25. The molecule has 5 nitrogen and oxygen atoms in total. The smallest absolute Gasteiger partial charge is 0.269 e. The normalized spacial score (nSPS) is 13.5. The third-order valence-corrected chi connectivity index (χ3v) is 4.34. The van der Waals surface area contributed by atoms with Crippen molar-refractivity contribution in [2.75, 3.05) is 6.54 Å². The van der Waals surface area contributed by atoms with Gasteiger partial charge in [-0.15, -0.1) is 0 Å². The molecule has 0 saturated carbocycles. The van der Waals surface area contributed by atoms with Crippen LogP contribution in [0.15, 0.2) is 34.8 Å². The first-order chi connectivity index (χ1) is 10.6. The van der Waals surface area contributed by atoms with Gasteiger partial charge in [-0.3, -0.25) is 9.59 Å². The van der Waals surface area contributed by atoms with Crippen LogP contribution in [0.5, 0.6) is 0 Å². The molecular formula is C15H13BrClN3O2. The van der Waals surface area contributed by atoms with Crippen molar-refractivity contribution in [3.05, 3.63) is 56.8 Å². The van der Waals surface area contributed by atoms with E-state index in [0.29, 0.717) is 40.5 Å². The summed E-state index contributed by atoms with van der Waals surface area (Å²) in [7, 11) is 0. The molecule has 0 bridgehead atoms. The van der Waals surface area contributed by atoms with Crippen LogP contribution in [0.25, 0.3) is 0 Å². The lowest BCUT2D eigenvalue weighted by Gasteiger charge is -2.18. The highest BCUT2D eigenvalue weighted by atomic mass is 79.9. The lowest BCUT2D eigenvalue weighted by atomic mass is 10.2. The molecule has 0 spiro atoms. The highest BCUT2D eigenvalue weighted by molar-refractivity contribution is 9.10. The minimum Gasteiger partial charge on any atom is -0.349 e. The number of aromatic nitrogens is 1. The molecule has 1 aliphatic rings. The first-order valence-electron chi connectivity index (χ1n) is 6.76. The van der Waals surface area contributed by atoms with Crippen LogP contribution in [-0.4, -0.2) is 22.9 Å². The Labute approximate surface area is 140 Å². The van der Waals surface area contributed by atoms with Crippen LogP contribution in [-0.2, 0) is 13.1 Å². The van der Waals surface area contributed by atoms with Crippen LogP contribution in [0.3, 0.4) is 0 Å². The van der Waals surface area contributed by atoms with Gasteiger partial charge in [0.1, 0.15) is 11.4 Å². The van der Waals surface area contributed by atoms with E-state index in [1.807, 2.05) is 12.1 Å². The predicted octanol–water partition coefficient (Wildman–Crippen LogP) is 2.58. The van der Waals surface area contributed by atoms with Crippen LogP contribution in [0.1, 0.15) is 26.5 Å². The Morgan fingerprint density at radius 2 is 2.09 bits per heavy atom. The molecule has 1 aliphatic heterocycles. The fraction of sp³-hybridized carbons (Fsp3) is 0.200. The zero-order valence-corrected chi connectivity index (χ0v) is 13.9. The van der Waals surface area contributed by atoms with Gasteiger partial charge in [0.2, 0.25) is 0 Å². The second-order valence-electron chi connectivity index (χ2n) is 4.94. The Bertz CT molecular complexity index is 740. The number of nitrogens with one attached hydrogen (secondary N) is 2. The van der Waals surface area contributed by atoms with Gasteiger partial charge in [0.05, 0.1) is 0 Å². The molecule has 0 atom stereocenters. The summed E-state index contributed by atoms with van der Waals surface area (Å²) in [5.41, 5.74) is 1.92. The van der Waals surface area contributed by atoms with Crippen molar-refractivity contribution in [1.29, 1.82) is 0 Å². The molecule has 22 heavy (non-hydrogen) atoms. The zero-order chi connectivity index (χ0) is 15.7. The minimum absolute atomic E-state index is 0.163. The standard InChI is InChI=1S/C15H13BrClN3O2/c16-11-7-12-14(21)18-5-6-20(12)13(11)15(22)19-8-9-1-3-10(17)4-2-9/h1-4,7H,5-6,8H2,(H,18,21)(H,19,22). The van der Waals surface area contributed by atoms with Crippen molar-refractivity contribution in [2.24, 2.45) is 0 Å². The summed E-state index contributed by atoms with van der Waals surface area (Å²) in [6.45, 7) is 1.50. The van der Waals surface area contributed by atoms with Gasteiger partial charge in [0, 0.05) is 29.1 Å². The second kappa shape index (κ2) is 6.14. The van der Waals surface area contributed by atoms with Crippen molar-refractivity contribution in [1.82, 2.24) is 15.2 Å². The molecule has 0 radical (unpaired) electrons. The molecule has 7 heteroatoms. The number of carbonyl (C=O) groups is 2. The summed E-state index contributed by atoms with van der Waals surface area (Å²) in [5, 5.41) is 6.27. The largest absolute Gasteiger partial charge is 0.349 e. The maximum Gasteiger partial charge on any atom is 0.269 e. The van der Waals surface area contributed by atoms with E-state index in [1.54, 1.807) is 22.8 Å². The number of rotatable bonds is 3. The maximum atomic E-state index is 12.4. The SMILES string of the molecule is O=C1NCCn2c1cc(Br)c2C(=O)NCc1ccc(Cl)cc1. The van der Waals surface area contributed by atoms with Crippen molar-refractivity contribution < 1.29 is 9.59 Å². The maximum absolute atomic E-state index is 12.4. The summed E-state index contributed by atoms with van der Waals surface area (Å²) in [5.74, 6) is -0.383. The zero-order valence-electron chi connectivity index (χ0n) is 11.5. The quantitative estimate of drug-likeness (QED) is 0.857. The molecule has 0 aliphatic carbocycles. The molecule has 2 N–H and O–H groups in total. The lowest BCUT2D eigenvalue weighted by molar-refractivity contribution is 0.0919. The predicted molar refractivity (Wildman–Crippen MR) is 87.1 cm³/mol. The monoisotopic (exact) mass is 381 g/mol. The Hall–Kier alpha value is -1.79. The van der Waals surface area contributed by atoms with Crippen molar-refractivity contribution in [3.63, 3.8) is 0 Å². The molecule has 0 unspecified atom stereocenters. The lowest BCUT2D eigenvalue weighted by Crippen LogP contribution is -2.37. The first kappa shape index (κ1) is 15.1. The molecule has 0 saturated heterocycles. The van der Waals surface area contributed by atoms with Gasteiger partial charge in [-0.1, -0.05) is 23.7 Å².